The molecule has 0 spiro atoms. The van der Waals surface area contributed by atoms with Crippen LogP contribution in [0.3, 0.4) is 0 Å². The Morgan fingerprint density at radius 2 is 2.06 bits per heavy atom. The summed E-state index contributed by atoms with van der Waals surface area (Å²) < 4.78 is 7.43. The Labute approximate surface area is 192 Å². The Balaban J connectivity index is 1.25. The summed E-state index contributed by atoms with van der Waals surface area (Å²) >= 11 is 2.92. The number of imidazole rings is 1. The molecule has 10 heteroatoms. The van der Waals surface area contributed by atoms with Crippen LogP contribution in [0.15, 0.2) is 47.3 Å². The number of hydrogen-bond acceptors (Lipinski definition) is 7. The molecule has 1 N–H and O–H groups in total. The molecule has 4 heterocycles. The Hall–Kier alpha value is -3.24. The van der Waals surface area contributed by atoms with Gasteiger partial charge in [0.1, 0.15) is 18.3 Å². The molecule has 1 fully saturated rings. The molecule has 2 amide bonds. The number of thiazole rings is 2. The van der Waals surface area contributed by atoms with Gasteiger partial charge in [-0.3, -0.25) is 14.1 Å². The van der Waals surface area contributed by atoms with E-state index in [9.17, 15) is 9.59 Å². The van der Waals surface area contributed by atoms with Crippen LogP contribution < -0.4 is 5.32 Å². The van der Waals surface area contributed by atoms with Gasteiger partial charge in [0, 0.05) is 23.5 Å². The number of nitrogens with one attached hydrogen (secondary N) is 1. The molecule has 3 aromatic heterocycles. The summed E-state index contributed by atoms with van der Waals surface area (Å²) in [7, 11) is 0. The molecule has 0 saturated carbocycles. The van der Waals surface area contributed by atoms with Gasteiger partial charge < -0.3 is 10.1 Å². The van der Waals surface area contributed by atoms with Crippen molar-refractivity contribution in [3.8, 4) is 11.4 Å². The number of ether oxygens (including phenoxy) is 1. The first kappa shape index (κ1) is 20.7. The van der Waals surface area contributed by atoms with Crippen molar-refractivity contribution in [3.05, 3.63) is 58.5 Å². The lowest BCUT2D eigenvalue weighted by Crippen LogP contribution is -2.43. The van der Waals surface area contributed by atoms with Crippen LogP contribution in [0.1, 0.15) is 24.1 Å². The molecule has 1 unspecified atom stereocenters. The van der Waals surface area contributed by atoms with Crippen LogP contribution >= 0.6 is 22.7 Å². The maximum Gasteiger partial charge on any atom is 0.410 e. The highest BCUT2D eigenvalue weighted by Gasteiger charge is 2.35. The molecular weight excluding hydrogens is 446 g/mol. The standard InChI is InChI=1S/C22H21N5O3S2/c1-14-18(27-10-11-31-21(27)23-14)16-13-32-20(24-16)25-19(28)17-8-5-9-26(17)22(29)30-12-15-6-3-2-4-7-15/h2-4,6-7,10-11,13,17H,5,8-9,12H2,1H3,(H,24,25,28). The van der Waals surface area contributed by atoms with Crippen LogP contribution in [0.4, 0.5) is 9.93 Å². The van der Waals surface area contributed by atoms with E-state index in [-0.39, 0.29) is 12.5 Å². The molecule has 8 nitrogen and oxygen atoms in total. The average Bonchev–Trinajstić information content (AvgIpc) is 3.57. The number of aromatic nitrogens is 3. The van der Waals surface area contributed by atoms with Crippen molar-refractivity contribution in [1.29, 1.82) is 0 Å². The summed E-state index contributed by atoms with van der Waals surface area (Å²) in [5.41, 5.74) is 3.48. The van der Waals surface area contributed by atoms with Crippen LogP contribution in [0.2, 0.25) is 0 Å². The molecule has 1 aromatic carbocycles. The number of benzene rings is 1. The molecule has 164 valence electrons. The zero-order valence-electron chi connectivity index (χ0n) is 17.4. The smallest absolute Gasteiger partial charge is 0.410 e. The predicted molar refractivity (Wildman–Crippen MR) is 124 cm³/mol. The van der Waals surface area contributed by atoms with E-state index in [2.05, 4.69) is 15.3 Å². The minimum Gasteiger partial charge on any atom is -0.445 e. The van der Waals surface area contributed by atoms with Gasteiger partial charge in [-0.2, -0.15) is 0 Å². The normalized spacial score (nSPS) is 15.9. The fraction of sp³-hybridized carbons (Fsp3) is 0.273. The molecule has 1 atom stereocenters. The largest absolute Gasteiger partial charge is 0.445 e. The number of carbonyl (C=O) groups is 2. The zero-order chi connectivity index (χ0) is 22.1. The second-order valence-corrected chi connectivity index (χ2v) is 9.25. The van der Waals surface area contributed by atoms with Gasteiger partial charge in [-0.1, -0.05) is 30.3 Å². The van der Waals surface area contributed by atoms with Gasteiger partial charge in [-0.15, -0.1) is 22.7 Å². The Morgan fingerprint density at radius 3 is 2.91 bits per heavy atom. The number of aryl methyl sites for hydroxylation is 1. The highest BCUT2D eigenvalue weighted by molar-refractivity contribution is 7.15. The predicted octanol–water partition coefficient (Wildman–Crippen LogP) is 4.57. The first-order chi connectivity index (χ1) is 15.6. The van der Waals surface area contributed by atoms with E-state index in [1.54, 1.807) is 11.3 Å². The summed E-state index contributed by atoms with van der Waals surface area (Å²) in [6.07, 6.45) is 2.85. The number of hydrogen-bond donors (Lipinski definition) is 1. The van der Waals surface area contributed by atoms with Crippen molar-refractivity contribution >= 4 is 44.8 Å². The number of rotatable bonds is 5. The third-order valence-corrected chi connectivity index (χ3v) is 6.92. The Kier molecular flexibility index (Phi) is 5.62. The molecule has 32 heavy (non-hydrogen) atoms. The summed E-state index contributed by atoms with van der Waals surface area (Å²) in [6, 6.07) is 8.93. The number of carbonyl (C=O) groups excluding carboxylic acids is 2. The summed E-state index contributed by atoms with van der Waals surface area (Å²) in [4.78, 5) is 37.1. The van der Waals surface area contributed by atoms with Crippen LogP contribution in [0.25, 0.3) is 16.3 Å². The van der Waals surface area contributed by atoms with Crippen molar-refractivity contribution in [2.24, 2.45) is 0 Å². The van der Waals surface area contributed by atoms with E-state index in [0.29, 0.717) is 18.1 Å². The number of amides is 2. The SMILES string of the molecule is Cc1nc2sccn2c1-c1csc(NC(=O)C2CCCN2C(=O)OCc2ccccc2)n1. The van der Waals surface area contributed by atoms with Gasteiger partial charge in [0.25, 0.3) is 0 Å². The minimum absolute atomic E-state index is 0.183. The van der Waals surface area contributed by atoms with Gasteiger partial charge in [0.2, 0.25) is 5.91 Å². The van der Waals surface area contributed by atoms with E-state index in [1.165, 1.54) is 16.2 Å². The van der Waals surface area contributed by atoms with Gasteiger partial charge in [0.15, 0.2) is 10.1 Å². The molecule has 5 rings (SSSR count). The van der Waals surface area contributed by atoms with Crippen molar-refractivity contribution in [3.63, 3.8) is 0 Å². The van der Waals surface area contributed by atoms with Crippen LogP contribution in [-0.2, 0) is 16.1 Å². The third-order valence-electron chi connectivity index (χ3n) is 5.41. The van der Waals surface area contributed by atoms with Crippen molar-refractivity contribution in [1.82, 2.24) is 19.3 Å². The monoisotopic (exact) mass is 467 g/mol. The third kappa shape index (κ3) is 3.98. The summed E-state index contributed by atoms with van der Waals surface area (Å²) in [5.74, 6) is -0.245. The van der Waals surface area contributed by atoms with Gasteiger partial charge in [0.05, 0.1) is 11.4 Å². The molecule has 4 aromatic rings. The zero-order valence-corrected chi connectivity index (χ0v) is 19.0. The van der Waals surface area contributed by atoms with E-state index in [1.807, 2.05) is 58.6 Å². The topological polar surface area (TPSA) is 88.8 Å². The Bertz CT molecular complexity index is 1260. The van der Waals surface area contributed by atoms with Gasteiger partial charge in [-0.05, 0) is 25.3 Å². The minimum atomic E-state index is -0.564. The fourth-order valence-electron chi connectivity index (χ4n) is 3.89. The number of nitrogens with zero attached hydrogens (tertiary/aromatic N) is 4. The number of fused-ring (bicyclic) bond motifs is 1. The first-order valence-corrected chi connectivity index (χ1v) is 12.0. The molecule has 1 saturated heterocycles. The second-order valence-electron chi connectivity index (χ2n) is 7.52. The van der Waals surface area contributed by atoms with Crippen LogP contribution in [0, 0.1) is 6.92 Å². The van der Waals surface area contributed by atoms with Crippen molar-refractivity contribution in [2.75, 3.05) is 11.9 Å². The molecular formula is C22H21N5O3S2. The molecule has 0 radical (unpaired) electrons. The molecule has 1 aliphatic rings. The first-order valence-electron chi connectivity index (χ1n) is 10.3. The quantitative estimate of drug-likeness (QED) is 0.465. The van der Waals surface area contributed by atoms with Crippen LogP contribution in [0.5, 0.6) is 0 Å². The number of anilines is 1. The lowest BCUT2D eigenvalue weighted by Gasteiger charge is -2.22. The second kappa shape index (κ2) is 8.71. The molecule has 0 bridgehead atoms. The maximum atomic E-state index is 12.9. The highest BCUT2D eigenvalue weighted by Crippen LogP contribution is 2.30. The van der Waals surface area contributed by atoms with E-state index >= 15 is 0 Å². The van der Waals surface area contributed by atoms with E-state index in [0.717, 1.165) is 34.0 Å². The van der Waals surface area contributed by atoms with Gasteiger partial charge in [-0.25, -0.2) is 14.8 Å². The molecule has 1 aliphatic heterocycles. The van der Waals surface area contributed by atoms with Crippen LogP contribution in [-0.4, -0.2) is 43.9 Å². The van der Waals surface area contributed by atoms with E-state index < -0.39 is 12.1 Å². The van der Waals surface area contributed by atoms with E-state index in [4.69, 9.17) is 4.74 Å². The van der Waals surface area contributed by atoms with Crippen molar-refractivity contribution in [2.45, 2.75) is 32.4 Å². The average molecular weight is 468 g/mol. The lowest BCUT2D eigenvalue weighted by molar-refractivity contribution is -0.120. The molecule has 0 aliphatic carbocycles. The highest BCUT2D eigenvalue weighted by atomic mass is 32.1. The number of likely N-dealkylation sites (tertiary alicyclic amines) is 1. The Morgan fingerprint density at radius 1 is 1.22 bits per heavy atom. The van der Waals surface area contributed by atoms with Gasteiger partial charge >= 0.3 is 6.09 Å². The van der Waals surface area contributed by atoms with Crippen molar-refractivity contribution < 1.29 is 14.3 Å². The summed E-state index contributed by atoms with van der Waals surface area (Å²) in [5, 5.41) is 7.26. The maximum absolute atomic E-state index is 12.9. The fourth-order valence-corrected chi connectivity index (χ4v) is 5.35. The lowest BCUT2D eigenvalue weighted by atomic mass is 10.2. The summed E-state index contributed by atoms with van der Waals surface area (Å²) in [6.45, 7) is 2.63.